The van der Waals surface area contributed by atoms with Crippen molar-refractivity contribution in [2.24, 2.45) is 0 Å². The molecule has 0 aliphatic rings. The minimum Gasteiger partial charge on any atom is -0.306 e. The van der Waals surface area contributed by atoms with E-state index >= 15 is 0 Å². The van der Waals surface area contributed by atoms with E-state index in [-0.39, 0.29) is 0 Å². The van der Waals surface area contributed by atoms with E-state index in [1.807, 2.05) is 44.2 Å². The molecule has 1 rings (SSSR count). The Hall–Kier alpha value is -1.15. The summed E-state index contributed by atoms with van der Waals surface area (Å²) in [5.41, 5.74) is 2.14. The Bertz CT molecular complexity index is 539. The summed E-state index contributed by atoms with van der Waals surface area (Å²) in [6.45, 7) is 6.61. The smallest absolute Gasteiger partial charge is 0.306 e. The zero-order valence-corrected chi connectivity index (χ0v) is 16.1. The molecule has 3 nitrogen and oxygen atoms in total. The molecule has 0 radical (unpaired) electrons. The molecule has 0 aliphatic heterocycles. The molecule has 0 saturated carbocycles. The van der Waals surface area contributed by atoms with Crippen molar-refractivity contribution in [2.75, 3.05) is 13.2 Å². The lowest BCUT2D eigenvalue weighted by molar-refractivity contribution is 0.228. The third-order valence-corrected chi connectivity index (χ3v) is 5.43. The summed E-state index contributed by atoms with van der Waals surface area (Å²) in [7, 11) is -3.17. The van der Waals surface area contributed by atoms with Crippen LogP contribution in [0.5, 0.6) is 0 Å². The van der Waals surface area contributed by atoms with Crippen LogP contribution in [0.3, 0.4) is 0 Å². The molecule has 0 aliphatic carbocycles. The van der Waals surface area contributed by atoms with E-state index in [2.05, 4.69) is 19.1 Å². The van der Waals surface area contributed by atoms with Crippen LogP contribution >= 0.6 is 7.60 Å². The Kier molecular flexibility index (Phi) is 10.7. The van der Waals surface area contributed by atoms with E-state index in [0.29, 0.717) is 13.2 Å². The number of allylic oxidation sites excluding steroid dienone is 2. The largest absolute Gasteiger partial charge is 0.354 e. The van der Waals surface area contributed by atoms with E-state index in [9.17, 15) is 4.57 Å². The minimum absolute atomic E-state index is 0.374. The third-order valence-electron chi connectivity index (χ3n) is 3.55. The van der Waals surface area contributed by atoms with Gasteiger partial charge in [0.1, 0.15) is 0 Å². The van der Waals surface area contributed by atoms with Gasteiger partial charge in [0.25, 0.3) is 0 Å². The topological polar surface area (TPSA) is 35.5 Å². The molecule has 0 aromatic heterocycles. The van der Waals surface area contributed by atoms with E-state index in [4.69, 9.17) is 9.05 Å². The van der Waals surface area contributed by atoms with Crippen molar-refractivity contribution in [1.29, 1.82) is 0 Å². The standard InChI is InChI=1S/C20H31O3P/c1-4-7-8-10-15-20(17-16-19-13-11-9-12-14-19)18-24(21,22-5-2)23-6-3/h9,11-14,16-18H,4-8,10,15H2,1-3H3/b17-16+,20-18+. The third kappa shape index (κ3) is 8.63. The molecule has 1 aromatic carbocycles. The van der Waals surface area contributed by atoms with Crippen molar-refractivity contribution in [1.82, 2.24) is 0 Å². The van der Waals surface area contributed by atoms with Crippen LogP contribution in [0.1, 0.15) is 58.4 Å². The Morgan fingerprint density at radius 3 is 2.25 bits per heavy atom. The molecule has 0 spiro atoms. The Balaban J connectivity index is 2.91. The van der Waals surface area contributed by atoms with Crippen molar-refractivity contribution in [3.05, 3.63) is 53.4 Å². The first-order valence-corrected chi connectivity index (χ1v) is 10.6. The van der Waals surface area contributed by atoms with Gasteiger partial charge in [0, 0.05) is 5.82 Å². The first-order valence-electron chi connectivity index (χ1n) is 8.97. The summed E-state index contributed by atoms with van der Waals surface area (Å²) in [5, 5.41) is 0. The average Bonchev–Trinajstić information content (AvgIpc) is 2.57. The second kappa shape index (κ2) is 12.2. The lowest BCUT2D eigenvalue weighted by atomic mass is 10.1. The van der Waals surface area contributed by atoms with Gasteiger partial charge in [-0.05, 0) is 37.8 Å². The maximum atomic E-state index is 12.8. The normalized spacial score (nSPS) is 12.9. The van der Waals surface area contributed by atoms with Crippen LogP contribution < -0.4 is 0 Å². The van der Waals surface area contributed by atoms with Crippen LogP contribution in [0.15, 0.2) is 47.8 Å². The summed E-state index contributed by atoms with van der Waals surface area (Å²) in [6, 6.07) is 10.1. The number of hydrogen-bond acceptors (Lipinski definition) is 3. The molecule has 134 valence electrons. The van der Waals surface area contributed by atoms with Gasteiger partial charge in [-0.2, -0.15) is 0 Å². The van der Waals surface area contributed by atoms with Crippen molar-refractivity contribution < 1.29 is 13.6 Å². The number of rotatable bonds is 12. The van der Waals surface area contributed by atoms with E-state index in [1.54, 1.807) is 5.82 Å². The molecule has 24 heavy (non-hydrogen) atoms. The van der Waals surface area contributed by atoms with Gasteiger partial charge in [-0.1, -0.05) is 68.7 Å². The summed E-state index contributed by atoms with van der Waals surface area (Å²) in [6.07, 6.45) is 9.66. The van der Waals surface area contributed by atoms with Gasteiger partial charge in [-0.25, -0.2) is 0 Å². The molecule has 1 aromatic rings. The van der Waals surface area contributed by atoms with E-state index in [0.717, 1.165) is 24.0 Å². The summed E-state index contributed by atoms with van der Waals surface area (Å²) in [5.74, 6) is 1.70. The Labute approximate surface area is 147 Å². The first kappa shape index (κ1) is 20.9. The van der Waals surface area contributed by atoms with Gasteiger partial charge >= 0.3 is 7.60 Å². The highest BCUT2D eigenvalue weighted by Gasteiger charge is 2.20. The number of unbranched alkanes of at least 4 members (excludes halogenated alkanes) is 3. The highest BCUT2D eigenvalue weighted by atomic mass is 31.2. The summed E-state index contributed by atoms with van der Waals surface area (Å²) in [4.78, 5) is 0. The molecule has 0 heterocycles. The van der Waals surface area contributed by atoms with Gasteiger partial charge in [0.05, 0.1) is 13.2 Å². The van der Waals surface area contributed by atoms with Crippen molar-refractivity contribution in [3.8, 4) is 0 Å². The van der Waals surface area contributed by atoms with Crippen LogP contribution in [0.25, 0.3) is 6.08 Å². The van der Waals surface area contributed by atoms with Crippen molar-refractivity contribution in [3.63, 3.8) is 0 Å². The van der Waals surface area contributed by atoms with E-state index in [1.165, 1.54) is 19.3 Å². The molecule has 0 fully saturated rings. The van der Waals surface area contributed by atoms with Crippen molar-refractivity contribution >= 4 is 13.7 Å². The average molecular weight is 350 g/mol. The lowest BCUT2D eigenvalue weighted by Gasteiger charge is -2.14. The maximum absolute atomic E-state index is 12.8. The summed E-state index contributed by atoms with van der Waals surface area (Å²) >= 11 is 0. The first-order chi connectivity index (χ1) is 11.6. The minimum atomic E-state index is -3.17. The maximum Gasteiger partial charge on any atom is 0.354 e. The molecular weight excluding hydrogens is 319 g/mol. The van der Waals surface area contributed by atoms with Crippen LogP contribution in [0.4, 0.5) is 0 Å². The van der Waals surface area contributed by atoms with Crippen molar-refractivity contribution in [2.45, 2.75) is 52.9 Å². The highest BCUT2D eigenvalue weighted by molar-refractivity contribution is 7.57. The number of benzene rings is 1. The second-order valence-corrected chi connectivity index (χ2v) is 7.49. The fraction of sp³-hybridized carbons (Fsp3) is 0.500. The van der Waals surface area contributed by atoms with Crippen LogP contribution in [0.2, 0.25) is 0 Å². The Morgan fingerprint density at radius 2 is 1.67 bits per heavy atom. The summed E-state index contributed by atoms with van der Waals surface area (Å²) < 4.78 is 23.6. The van der Waals surface area contributed by atoms with Gasteiger partial charge < -0.3 is 9.05 Å². The van der Waals surface area contributed by atoms with Crippen LogP contribution in [-0.4, -0.2) is 13.2 Å². The monoisotopic (exact) mass is 350 g/mol. The fourth-order valence-electron chi connectivity index (χ4n) is 2.39. The zero-order chi connectivity index (χ0) is 17.7. The van der Waals surface area contributed by atoms with Gasteiger partial charge in [0.2, 0.25) is 0 Å². The number of hydrogen-bond donors (Lipinski definition) is 0. The SMILES string of the molecule is CCCCCCC(/C=C/c1ccccc1)=C\P(=O)(OCC)OCC. The molecule has 0 bridgehead atoms. The van der Waals surface area contributed by atoms with Crippen LogP contribution in [0, 0.1) is 0 Å². The van der Waals surface area contributed by atoms with Gasteiger partial charge in [-0.15, -0.1) is 0 Å². The highest BCUT2D eigenvalue weighted by Crippen LogP contribution is 2.51. The Morgan fingerprint density at radius 1 is 1.00 bits per heavy atom. The predicted molar refractivity (Wildman–Crippen MR) is 103 cm³/mol. The second-order valence-electron chi connectivity index (χ2n) is 5.63. The quantitative estimate of drug-likeness (QED) is 0.236. The molecule has 0 saturated heterocycles. The molecular formula is C20H31O3P. The lowest BCUT2D eigenvalue weighted by Crippen LogP contribution is -1.94. The molecule has 4 heteroatoms. The predicted octanol–water partition coefficient (Wildman–Crippen LogP) is 6.82. The van der Waals surface area contributed by atoms with Gasteiger partial charge in [-0.3, -0.25) is 4.57 Å². The fourth-order valence-corrected chi connectivity index (χ4v) is 3.95. The molecule has 0 atom stereocenters. The molecule has 0 unspecified atom stereocenters. The zero-order valence-electron chi connectivity index (χ0n) is 15.2. The molecule has 0 amide bonds. The van der Waals surface area contributed by atoms with Gasteiger partial charge in [0.15, 0.2) is 0 Å². The molecule has 0 N–H and O–H groups in total. The van der Waals surface area contributed by atoms with Crippen LogP contribution in [-0.2, 0) is 13.6 Å². The van der Waals surface area contributed by atoms with E-state index < -0.39 is 7.60 Å².